The molecule has 0 saturated heterocycles. The molecular formula is C39H38N2O4. The van der Waals surface area contributed by atoms with E-state index < -0.39 is 0 Å². The maximum atomic E-state index is 13.0. The van der Waals surface area contributed by atoms with E-state index in [1.807, 2.05) is 91.0 Å². The number of carbonyl (C=O) groups is 2. The Morgan fingerprint density at radius 2 is 1.40 bits per heavy atom. The standard InChI is InChI=1S/C39H38N2O4/c1-28-35(17-10-18-37(28)31-12-5-3-6-13-31)27-44-36-20-19-34(25-40-21-22-41-29(2)42)38(24-36)45-26-30-11-9-16-33(23-30)39(43)32-14-7-4-8-15-32/h3-20,23-24,40H,21-22,25-27H2,1-2H3,(H,41,42). The molecule has 0 spiro atoms. The lowest BCUT2D eigenvalue weighted by atomic mass is 9.97. The van der Waals surface area contributed by atoms with Crippen molar-refractivity contribution in [2.45, 2.75) is 33.6 Å². The lowest BCUT2D eigenvalue weighted by Gasteiger charge is -2.16. The second-order valence-corrected chi connectivity index (χ2v) is 10.9. The van der Waals surface area contributed by atoms with Crippen molar-refractivity contribution in [3.63, 3.8) is 0 Å². The average Bonchev–Trinajstić information content (AvgIpc) is 3.07. The van der Waals surface area contributed by atoms with E-state index in [4.69, 9.17) is 9.47 Å². The van der Waals surface area contributed by atoms with Crippen LogP contribution >= 0.6 is 0 Å². The fraction of sp³-hybridized carbons (Fsp3) is 0.179. The van der Waals surface area contributed by atoms with Gasteiger partial charge in [-0.3, -0.25) is 9.59 Å². The van der Waals surface area contributed by atoms with Gasteiger partial charge in [-0.1, -0.05) is 103 Å². The van der Waals surface area contributed by atoms with Crippen molar-refractivity contribution in [2.24, 2.45) is 0 Å². The van der Waals surface area contributed by atoms with E-state index in [9.17, 15) is 9.59 Å². The minimum atomic E-state index is -0.0557. The van der Waals surface area contributed by atoms with Crippen LogP contribution in [0.2, 0.25) is 0 Å². The van der Waals surface area contributed by atoms with E-state index in [0.717, 1.165) is 16.7 Å². The summed E-state index contributed by atoms with van der Waals surface area (Å²) in [6, 6.07) is 39.3. The summed E-state index contributed by atoms with van der Waals surface area (Å²) in [6.07, 6.45) is 0. The van der Waals surface area contributed by atoms with E-state index in [-0.39, 0.29) is 18.3 Å². The van der Waals surface area contributed by atoms with Crippen LogP contribution in [-0.4, -0.2) is 24.8 Å². The van der Waals surface area contributed by atoms with E-state index in [1.165, 1.54) is 23.6 Å². The van der Waals surface area contributed by atoms with Crippen molar-refractivity contribution in [1.29, 1.82) is 0 Å². The third kappa shape index (κ3) is 8.68. The molecule has 0 unspecified atom stereocenters. The third-order valence-electron chi connectivity index (χ3n) is 7.57. The van der Waals surface area contributed by atoms with Crippen LogP contribution in [0, 0.1) is 6.92 Å². The maximum Gasteiger partial charge on any atom is 0.216 e. The van der Waals surface area contributed by atoms with Gasteiger partial charge < -0.3 is 20.1 Å². The largest absolute Gasteiger partial charge is 0.489 e. The fourth-order valence-corrected chi connectivity index (χ4v) is 5.11. The summed E-state index contributed by atoms with van der Waals surface area (Å²) in [7, 11) is 0. The van der Waals surface area contributed by atoms with Crippen molar-refractivity contribution in [2.75, 3.05) is 13.1 Å². The summed E-state index contributed by atoms with van der Waals surface area (Å²) in [5.74, 6) is 1.31. The first-order valence-electron chi connectivity index (χ1n) is 15.1. The Morgan fingerprint density at radius 3 is 2.18 bits per heavy atom. The Balaban J connectivity index is 1.31. The maximum absolute atomic E-state index is 13.0. The quantitative estimate of drug-likeness (QED) is 0.104. The molecule has 0 heterocycles. The zero-order valence-corrected chi connectivity index (χ0v) is 25.7. The molecule has 0 aliphatic heterocycles. The topological polar surface area (TPSA) is 76.7 Å². The second-order valence-electron chi connectivity index (χ2n) is 10.9. The minimum absolute atomic E-state index is 0.0245. The smallest absolute Gasteiger partial charge is 0.216 e. The molecule has 0 saturated carbocycles. The number of ether oxygens (including phenoxy) is 2. The van der Waals surface area contributed by atoms with Crippen LogP contribution in [0.3, 0.4) is 0 Å². The van der Waals surface area contributed by atoms with Gasteiger partial charge >= 0.3 is 0 Å². The van der Waals surface area contributed by atoms with E-state index in [0.29, 0.717) is 48.9 Å². The van der Waals surface area contributed by atoms with Gasteiger partial charge in [0.25, 0.3) is 0 Å². The second kappa shape index (κ2) is 15.5. The van der Waals surface area contributed by atoms with Crippen LogP contribution in [-0.2, 0) is 24.6 Å². The Bertz CT molecular complexity index is 1740. The number of hydrogen-bond donors (Lipinski definition) is 2. The predicted octanol–water partition coefficient (Wildman–Crippen LogP) is 7.28. The normalized spacial score (nSPS) is 10.7. The van der Waals surface area contributed by atoms with Crippen LogP contribution in [0.5, 0.6) is 11.5 Å². The SMILES string of the molecule is CC(=O)NCCNCc1ccc(OCc2cccc(-c3ccccc3)c2C)cc1OCc1cccc(C(=O)c2ccccc2)c1. The van der Waals surface area contributed by atoms with E-state index >= 15 is 0 Å². The number of hydrogen-bond acceptors (Lipinski definition) is 5. The molecule has 6 nitrogen and oxygen atoms in total. The molecule has 0 aliphatic rings. The molecule has 0 aromatic heterocycles. The number of rotatable bonds is 14. The Hall–Kier alpha value is -5.20. The number of amides is 1. The van der Waals surface area contributed by atoms with Gasteiger partial charge in [0.15, 0.2) is 5.78 Å². The Morgan fingerprint density at radius 1 is 0.667 bits per heavy atom. The molecule has 45 heavy (non-hydrogen) atoms. The van der Waals surface area contributed by atoms with Gasteiger partial charge in [0.05, 0.1) is 0 Å². The van der Waals surface area contributed by atoms with Crippen molar-refractivity contribution < 1.29 is 19.1 Å². The minimum Gasteiger partial charge on any atom is -0.489 e. The van der Waals surface area contributed by atoms with Crippen LogP contribution < -0.4 is 20.1 Å². The number of carbonyl (C=O) groups excluding carboxylic acids is 2. The molecule has 228 valence electrons. The van der Waals surface area contributed by atoms with Crippen molar-refractivity contribution >= 4 is 11.7 Å². The first-order chi connectivity index (χ1) is 22.0. The lowest BCUT2D eigenvalue weighted by molar-refractivity contribution is -0.118. The highest BCUT2D eigenvalue weighted by Crippen LogP contribution is 2.29. The fourth-order valence-electron chi connectivity index (χ4n) is 5.11. The molecule has 0 aliphatic carbocycles. The molecule has 6 heteroatoms. The molecule has 1 amide bonds. The number of nitrogens with one attached hydrogen (secondary N) is 2. The Kier molecular flexibility index (Phi) is 10.8. The summed E-state index contributed by atoms with van der Waals surface area (Å²) >= 11 is 0. The molecule has 0 bridgehead atoms. The van der Waals surface area contributed by atoms with Crippen molar-refractivity contribution in [3.05, 3.63) is 155 Å². The lowest BCUT2D eigenvalue weighted by Crippen LogP contribution is -2.30. The summed E-state index contributed by atoms with van der Waals surface area (Å²) in [4.78, 5) is 24.2. The van der Waals surface area contributed by atoms with Gasteiger partial charge in [-0.25, -0.2) is 0 Å². The molecule has 0 atom stereocenters. The summed E-state index contributed by atoms with van der Waals surface area (Å²) in [6.45, 7) is 6.06. The van der Waals surface area contributed by atoms with E-state index in [1.54, 1.807) is 0 Å². The molecule has 0 fully saturated rings. The summed E-state index contributed by atoms with van der Waals surface area (Å²) < 4.78 is 12.6. The van der Waals surface area contributed by atoms with Crippen LogP contribution in [0.15, 0.2) is 121 Å². The van der Waals surface area contributed by atoms with Crippen LogP contribution in [0.25, 0.3) is 11.1 Å². The van der Waals surface area contributed by atoms with Gasteiger partial charge in [-0.05, 0) is 46.9 Å². The third-order valence-corrected chi connectivity index (χ3v) is 7.57. The number of ketones is 1. The zero-order valence-electron chi connectivity index (χ0n) is 25.7. The average molecular weight is 599 g/mol. The molecule has 0 radical (unpaired) electrons. The highest BCUT2D eigenvalue weighted by Gasteiger charge is 2.12. The first kappa shape index (κ1) is 31.2. The molecule has 2 N–H and O–H groups in total. The molecule has 5 aromatic rings. The van der Waals surface area contributed by atoms with Gasteiger partial charge in [-0.2, -0.15) is 0 Å². The van der Waals surface area contributed by atoms with Gasteiger partial charge in [0, 0.05) is 49.3 Å². The van der Waals surface area contributed by atoms with Crippen LogP contribution in [0.4, 0.5) is 0 Å². The summed E-state index contributed by atoms with van der Waals surface area (Å²) in [5.41, 5.74) is 7.79. The summed E-state index contributed by atoms with van der Waals surface area (Å²) in [5, 5.41) is 6.16. The van der Waals surface area contributed by atoms with Gasteiger partial charge in [-0.15, -0.1) is 0 Å². The highest BCUT2D eigenvalue weighted by atomic mass is 16.5. The van der Waals surface area contributed by atoms with Crippen molar-refractivity contribution in [1.82, 2.24) is 10.6 Å². The molecule has 5 aromatic carbocycles. The zero-order chi connectivity index (χ0) is 31.4. The molecule has 5 rings (SSSR count). The van der Waals surface area contributed by atoms with E-state index in [2.05, 4.69) is 47.9 Å². The monoisotopic (exact) mass is 598 g/mol. The Labute approximate surface area is 265 Å². The van der Waals surface area contributed by atoms with Gasteiger partial charge in [0.1, 0.15) is 24.7 Å². The molecular weight excluding hydrogens is 560 g/mol. The van der Waals surface area contributed by atoms with Crippen molar-refractivity contribution in [3.8, 4) is 22.6 Å². The van der Waals surface area contributed by atoms with Gasteiger partial charge in [0.2, 0.25) is 5.91 Å². The number of benzene rings is 5. The van der Waals surface area contributed by atoms with Crippen LogP contribution in [0.1, 0.15) is 45.1 Å². The highest BCUT2D eigenvalue weighted by molar-refractivity contribution is 6.09. The predicted molar refractivity (Wildman–Crippen MR) is 178 cm³/mol. The first-order valence-corrected chi connectivity index (χ1v) is 15.1.